The zero-order chi connectivity index (χ0) is 19.2. The Labute approximate surface area is 154 Å². The molecule has 0 saturated carbocycles. The molecule has 0 aliphatic rings. The maximum absolute atomic E-state index is 11.6. The second kappa shape index (κ2) is 8.00. The van der Waals surface area contributed by atoms with Gasteiger partial charge in [0.15, 0.2) is 0 Å². The van der Waals surface area contributed by atoms with E-state index in [1.807, 2.05) is 6.07 Å². The van der Waals surface area contributed by atoms with E-state index in [0.29, 0.717) is 22.9 Å². The molecule has 138 valence electrons. The third-order valence-electron chi connectivity index (χ3n) is 3.59. The van der Waals surface area contributed by atoms with Crippen LogP contribution in [-0.4, -0.2) is 29.1 Å². The van der Waals surface area contributed by atoms with E-state index in [1.54, 1.807) is 42.5 Å². The summed E-state index contributed by atoms with van der Waals surface area (Å²) in [7, 11) is 3.02. The van der Waals surface area contributed by atoms with E-state index in [9.17, 15) is 10.1 Å². The molecule has 9 nitrogen and oxygen atoms in total. The van der Waals surface area contributed by atoms with Crippen molar-refractivity contribution in [3.05, 3.63) is 65.0 Å². The van der Waals surface area contributed by atoms with Crippen molar-refractivity contribution < 1.29 is 19.1 Å². The number of anilines is 2. The van der Waals surface area contributed by atoms with Crippen LogP contribution in [-0.2, 0) is 0 Å². The Bertz CT molecular complexity index is 950. The fraction of sp³-hybridized carbons (Fsp3) is 0.111. The number of benzene rings is 2. The molecule has 0 amide bonds. The van der Waals surface area contributed by atoms with E-state index < -0.39 is 4.92 Å². The van der Waals surface area contributed by atoms with E-state index in [2.05, 4.69) is 15.3 Å². The van der Waals surface area contributed by atoms with Crippen molar-refractivity contribution in [3.8, 4) is 23.1 Å². The summed E-state index contributed by atoms with van der Waals surface area (Å²) < 4.78 is 16.0. The van der Waals surface area contributed by atoms with Crippen LogP contribution in [0.1, 0.15) is 0 Å². The number of hydrogen-bond acceptors (Lipinski definition) is 8. The number of nitrogens with one attached hydrogen (secondary N) is 1. The Morgan fingerprint density at radius 1 is 1.00 bits per heavy atom. The minimum absolute atomic E-state index is 0.0237. The number of aromatic nitrogens is 2. The maximum atomic E-state index is 11.6. The summed E-state index contributed by atoms with van der Waals surface area (Å²) in [5.41, 5.74) is 0.0879. The molecule has 0 spiro atoms. The molecular formula is C18H16N4O5. The van der Waals surface area contributed by atoms with E-state index >= 15 is 0 Å². The minimum atomic E-state index is -0.601. The smallest absolute Gasteiger partial charge is 0.373 e. The molecule has 0 fully saturated rings. The van der Waals surface area contributed by atoms with Crippen molar-refractivity contribution in [2.24, 2.45) is 0 Å². The fourth-order valence-electron chi connectivity index (χ4n) is 2.32. The summed E-state index contributed by atoms with van der Waals surface area (Å²) >= 11 is 0. The van der Waals surface area contributed by atoms with Crippen LogP contribution in [0.15, 0.2) is 54.9 Å². The summed E-state index contributed by atoms with van der Waals surface area (Å²) in [5, 5.41) is 14.5. The first kappa shape index (κ1) is 17.9. The van der Waals surface area contributed by atoms with Gasteiger partial charge in [0, 0.05) is 6.07 Å². The first-order valence-electron chi connectivity index (χ1n) is 7.83. The number of nitro groups is 1. The maximum Gasteiger partial charge on any atom is 0.373 e. The Kier molecular flexibility index (Phi) is 5.31. The van der Waals surface area contributed by atoms with Gasteiger partial charge < -0.3 is 19.5 Å². The van der Waals surface area contributed by atoms with Crippen LogP contribution in [0.4, 0.5) is 17.2 Å². The van der Waals surface area contributed by atoms with Gasteiger partial charge in [-0.05, 0) is 24.3 Å². The van der Waals surface area contributed by atoms with E-state index in [4.69, 9.17) is 14.2 Å². The third kappa shape index (κ3) is 4.03. The summed E-state index contributed by atoms with van der Waals surface area (Å²) in [5.74, 6) is 1.25. The van der Waals surface area contributed by atoms with Gasteiger partial charge in [0.1, 0.15) is 23.6 Å². The molecule has 27 heavy (non-hydrogen) atoms. The third-order valence-corrected chi connectivity index (χ3v) is 3.59. The van der Waals surface area contributed by atoms with Gasteiger partial charge in [-0.3, -0.25) is 10.1 Å². The molecule has 0 aliphatic carbocycles. The number of ether oxygens (including phenoxy) is 3. The molecule has 0 unspecified atom stereocenters. The van der Waals surface area contributed by atoms with Crippen LogP contribution in [0.2, 0.25) is 0 Å². The van der Waals surface area contributed by atoms with Crippen molar-refractivity contribution in [1.29, 1.82) is 0 Å². The molecule has 3 aromatic rings. The van der Waals surface area contributed by atoms with Crippen molar-refractivity contribution >= 4 is 17.2 Å². The SMILES string of the molecule is COc1ccc(Nc2ncnc(Oc3ccccc3)c2[N+](=O)[O-])c(OC)c1. The van der Waals surface area contributed by atoms with Crippen LogP contribution in [0.3, 0.4) is 0 Å². The summed E-state index contributed by atoms with van der Waals surface area (Å²) in [6.07, 6.45) is 1.18. The molecule has 0 radical (unpaired) electrons. The van der Waals surface area contributed by atoms with E-state index in [1.165, 1.54) is 20.5 Å². The molecule has 0 aliphatic heterocycles. The predicted molar refractivity (Wildman–Crippen MR) is 98.0 cm³/mol. The molecule has 0 atom stereocenters. The van der Waals surface area contributed by atoms with Crippen molar-refractivity contribution in [1.82, 2.24) is 9.97 Å². The molecule has 0 bridgehead atoms. The molecule has 2 aromatic carbocycles. The van der Waals surface area contributed by atoms with Crippen molar-refractivity contribution in [2.45, 2.75) is 0 Å². The summed E-state index contributed by atoms with van der Waals surface area (Å²) in [6, 6.07) is 13.7. The second-order valence-electron chi connectivity index (χ2n) is 5.24. The summed E-state index contributed by atoms with van der Waals surface area (Å²) in [4.78, 5) is 18.9. The molecule has 3 rings (SSSR count). The number of methoxy groups -OCH3 is 2. The lowest BCUT2D eigenvalue weighted by Gasteiger charge is -2.13. The zero-order valence-corrected chi connectivity index (χ0v) is 14.6. The molecule has 9 heteroatoms. The number of hydrogen-bond donors (Lipinski definition) is 1. The van der Waals surface area contributed by atoms with Crippen LogP contribution in [0, 0.1) is 10.1 Å². The van der Waals surface area contributed by atoms with Crippen molar-refractivity contribution in [3.63, 3.8) is 0 Å². The Morgan fingerprint density at radius 2 is 1.78 bits per heavy atom. The molecule has 0 saturated heterocycles. The molecule has 1 N–H and O–H groups in total. The average molecular weight is 368 g/mol. The average Bonchev–Trinajstić information content (AvgIpc) is 2.69. The van der Waals surface area contributed by atoms with Gasteiger partial charge in [0.2, 0.25) is 5.82 Å². The first-order chi connectivity index (χ1) is 13.1. The van der Waals surface area contributed by atoms with Gasteiger partial charge >= 0.3 is 11.6 Å². The monoisotopic (exact) mass is 368 g/mol. The highest BCUT2D eigenvalue weighted by Gasteiger charge is 2.26. The lowest BCUT2D eigenvalue weighted by atomic mass is 10.2. The molecular weight excluding hydrogens is 352 g/mol. The van der Waals surface area contributed by atoms with Gasteiger partial charge in [0.25, 0.3) is 0 Å². The van der Waals surface area contributed by atoms with E-state index in [0.717, 1.165) is 0 Å². The quantitative estimate of drug-likeness (QED) is 0.493. The van der Waals surface area contributed by atoms with Gasteiger partial charge in [-0.15, -0.1) is 0 Å². The minimum Gasteiger partial charge on any atom is -0.497 e. The Balaban J connectivity index is 1.99. The topological polar surface area (TPSA) is 109 Å². The van der Waals surface area contributed by atoms with Gasteiger partial charge in [-0.2, -0.15) is 4.98 Å². The van der Waals surface area contributed by atoms with Crippen molar-refractivity contribution in [2.75, 3.05) is 19.5 Å². The Morgan fingerprint density at radius 3 is 2.44 bits per heavy atom. The lowest BCUT2D eigenvalue weighted by molar-refractivity contribution is -0.385. The highest BCUT2D eigenvalue weighted by atomic mass is 16.6. The van der Waals surface area contributed by atoms with Gasteiger partial charge in [0.05, 0.1) is 24.8 Å². The fourth-order valence-corrected chi connectivity index (χ4v) is 2.32. The molecule has 1 aromatic heterocycles. The van der Waals surface area contributed by atoms with Crippen LogP contribution in [0.5, 0.6) is 23.1 Å². The highest BCUT2D eigenvalue weighted by molar-refractivity contribution is 5.72. The van der Waals surface area contributed by atoms with Crippen LogP contribution in [0.25, 0.3) is 0 Å². The van der Waals surface area contributed by atoms with Crippen LogP contribution < -0.4 is 19.5 Å². The second-order valence-corrected chi connectivity index (χ2v) is 5.24. The standard InChI is InChI=1S/C18H16N4O5/c1-25-13-8-9-14(15(10-13)26-2)21-17-16(22(23)24)18(20-11-19-17)27-12-6-4-3-5-7-12/h3-11H,1-2H3,(H,19,20,21). The Hall–Kier alpha value is -3.88. The lowest BCUT2D eigenvalue weighted by Crippen LogP contribution is -2.04. The normalized spacial score (nSPS) is 10.1. The number of rotatable bonds is 7. The molecule has 1 heterocycles. The van der Waals surface area contributed by atoms with Crippen LogP contribution >= 0.6 is 0 Å². The largest absolute Gasteiger partial charge is 0.497 e. The number of para-hydroxylation sites is 1. The predicted octanol–water partition coefficient (Wildman–Crippen LogP) is 3.94. The zero-order valence-electron chi connectivity index (χ0n) is 14.6. The number of nitrogens with zero attached hydrogens (tertiary/aromatic N) is 3. The van der Waals surface area contributed by atoms with Gasteiger partial charge in [-0.25, -0.2) is 4.98 Å². The first-order valence-corrected chi connectivity index (χ1v) is 7.83. The van der Waals surface area contributed by atoms with Gasteiger partial charge in [-0.1, -0.05) is 18.2 Å². The van der Waals surface area contributed by atoms with E-state index in [-0.39, 0.29) is 17.4 Å². The highest BCUT2D eigenvalue weighted by Crippen LogP contribution is 2.38. The summed E-state index contributed by atoms with van der Waals surface area (Å²) in [6.45, 7) is 0.